The number of amides is 1. The van der Waals surface area contributed by atoms with Gasteiger partial charge in [-0.15, -0.1) is 0 Å². The maximum absolute atomic E-state index is 12.3. The molecule has 0 aliphatic carbocycles. The highest BCUT2D eigenvalue weighted by atomic mass is 35.5. The standard InChI is InChI=1S/C16H21BClNO4/c1-15(2)16(3,4)23-17(22-15)12-7-10(5-6-13(12)18)14(20)19-11-8-21-9-11/h5-7,11H,8-9H2,1-4H3,(H,19,20). The molecule has 0 bridgehead atoms. The molecule has 2 heterocycles. The van der Waals surface area contributed by atoms with Gasteiger partial charge in [-0.2, -0.15) is 0 Å². The average Bonchev–Trinajstić information content (AvgIpc) is 2.63. The van der Waals surface area contributed by atoms with Crippen LogP contribution in [0.1, 0.15) is 38.1 Å². The highest BCUT2D eigenvalue weighted by Crippen LogP contribution is 2.37. The molecule has 1 amide bonds. The topological polar surface area (TPSA) is 56.8 Å². The van der Waals surface area contributed by atoms with Gasteiger partial charge in [0.1, 0.15) is 0 Å². The molecule has 0 aromatic heterocycles. The Balaban J connectivity index is 1.82. The Kier molecular flexibility index (Phi) is 4.21. The average molecular weight is 338 g/mol. The number of hydrogen-bond acceptors (Lipinski definition) is 4. The molecule has 3 rings (SSSR count). The first-order valence-corrected chi connectivity index (χ1v) is 8.11. The van der Waals surface area contributed by atoms with Crippen molar-refractivity contribution in [3.63, 3.8) is 0 Å². The summed E-state index contributed by atoms with van der Waals surface area (Å²) in [5.41, 5.74) is 0.291. The van der Waals surface area contributed by atoms with Crippen LogP contribution in [0.4, 0.5) is 0 Å². The zero-order valence-corrected chi connectivity index (χ0v) is 14.6. The van der Waals surface area contributed by atoms with Crippen molar-refractivity contribution in [2.75, 3.05) is 13.2 Å². The molecule has 124 valence electrons. The highest BCUT2D eigenvalue weighted by molar-refractivity contribution is 6.65. The molecule has 2 saturated heterocycles. The number of halogens is 1. The molecule has 2 aliphatic rings. The van der Waals surface area contributed by atoms with Crippen LogP contribution in [-0.4, -0.2) is 43.5 Å². The predicted octanol–water partition coefficient (Wildman–Crippen LogP) is 1.77. The van der Waals surface area contributed by atoms with Crippen LogP contribution in [0.15, 0.2) is 18.2 Å². The molecule has 0 radical (unpaired) electrons. The monoisotopic (exact) mass is 337 g/mol. The summed E-state index contributed by atoms with van der Waals surface area (Å²) in [4.78, 5) is 12.3. The molecule has 7 heteroatoms. The predicted molar refractivity (Wildman–Crippen MR) is 89.2 cm³/mol. The molecular weight excluding hydrogens is 316 g/mol. The van der Waals surface area contributed by atoms with E-state index in [2.05, 4.69) is 5.32 Å². The molecule has 23 heavy (non-hydrogen) atoms. The lowest BCUT2D eigenvalue weighted by Crippen LogP contribution is -2.48. The molecule has 1 N–H and O–H groups in total. The number of nitrogens with one attached hydrogen (secondary N) is 1. The third-order valence-electron chi connectivity index (χ3n) is 4.74. The van der Waals surface area contributed by atoms with Crippen molar-refractivity contribution in [3.05, 3.63) is 28.8 Å². The lowest BCUT2D eigenvalue weighted by molar-refractivity contribution is -0.00346. The van der Waals surface area contributed by atoms with Gasteiger partial charge in [-0.1, -0.05) is 11.6 Å². The van der Waals surface area contributed by atoms with Crippen molar-refractivity contribution >= 4 is 30.1 Å². The lowest BCUT2D eigenvalue weighted by atomic mass is 9.78. The first-order valence-electron chi connectivity index (χ1n) is 7.73. The fraction of sp³-hybridized carbons (Fsp3) is 0.562. The number of ether oxygens (including phenoxy) is 1. The minimum atomic E-state index is -0.590. The second kappa shape index (κ2) is 5.78. The Morgan fingerprint density at radius 2 is 1.83 bits per heavy atom. The Morgan fingerprint density at radius 1 is 1.22 bits per heavy atom. The maximum atomic E-state index is 12.3. The van der Waals surface area contributed by atoms with Crippen LogP contribution in [0.3, 0.4) is 0 Å². The molecule has 0 spiro atoms. The number of hydrogen-bond donors (Lipinski definition) is 1. The van der Waals surface area contributed by atoms with E-state index in [1.807, 2.05) is 27.7 Å². The van der Waals surface area contributed by atoms with Crippen molar-refractivity contribution < 1.29 is 18.8 Å². The van der Waals surface area contributed by atoms with Crippen molar-refractivity contribution in [3.8, 4) is 0 Å². The summed E-state index contributed by atoms with van der Waals surface area (Å²) in [6.45, 7) is 9.04. The second-order valence-corrected chi connectivity index (χ2v) is 7.44. The molecule has 1 aromatic carbocycles. The minimum absolute atomic E-state index is 0.0819. The van der Waals surface area contributed by atoms with Gasteiger partial charge >= 0.3 is 7.12 Å². The van der Waals surface area contributed by atoms with Crippen LogP contribution in [0.25, 0.3) is 0 Å². The summed E-state index contributed by atoms with van der Waals surface area (Å²) in [5.74, 6) is -0.146. The van der Waals surface area contributed by atoms with Gasteiger partial charge in [0.2, 0.25) is 0 Å². The smallest absolute Gasteiger partial charge is 0.399 e. The van der Waals surface area contributed by atoms with E-state index in [9.17, 15) is 4.79 Å². The largest absolute Gasteiger partial charge is 0.496 e. The summed E-state index contributed by atoms with van der Waals surface area (Å²) in [5, 5.41) is 3.43. The second-order valence-electron chi connectivity index (χ2n) is 7.03. The van der Waals surface area contributed by atoms with E-state index in [1.165, 1.54) is 0 Å². The first-order chi connectivity index (χ1) is 10.7. The quantitative estimate of drug-likeness (QED) is 0.854. The third-order valence-corrected chi connectivity index (χ3v) is 5.08. The molecule has 1 aromatic rings. The molecule has 2 fully saturated rings. The van der Waals surface area contributed by atoms with Crippen LogP contribution in [0.2, 0.25) is 5.02 Å². The molecule has 2 aliphatic heterocycles. The van der Waals surface area contributed by atoms with E-state index in [0.717, 1.165) is 0 Å². The van der Waals surface area contributed by atoms with E-state index < -0.39 is 18.3 Å². The normalized spacial score (nSPS) is 22.7. The van der Waals surface area contributed by atoms with Gasteiger partial charge in [0.25, 0.3) is 5.91 Å². The highest BCUT2D eigenvalue weighted by Gasteiger charge is 2.52. The van der Waals surface area contributed by atoms with Gasteiger partial charge in [0, 0.05) is 16.0 Å². The lowest BCUT2D eigenvalue weighted by Gasteiger charge is -2.32. The number of carbonyl (C=O) groups excluding carboxylic acids is 1. The third kappa shape index (κ3) is 3.13. The van der Waals surface area contributed by atoms with E-state index in [4.69, 9.17) is 25.6 Å². The Bertz CT molecular complexity index is 615. The zero-order chi connectivity index (χ0) is 16.8. The SMILES string of the molecule is CC1(C)OB(c2cc(C(=O)NC3COC3)ccc2Cl)OC1(C)C. The van der Waals surface area contributed by atoms with E-state index in [0.29, 0.717) is 29.3 Å². The molecule has 0 saturated carbocycles. The Labute approximate surface area is 141 Å². The Hall–Kier alpha value is -1.08. The van der Waals surface area contributed by atoms with Gasteiger partial charge in [0.15, 0.2) is 0 Å². The van der Waals surface area contributed by atoms with Crippen LogP contribution in [-0.2, 0) is 14.0 Å². The maximum Gasteiger partial charge on any atom is 0.496 e. The van der Waals surface area contributed by atoms with Gasteiger partial charge in [-0.3, -0.25) is 4.79 Å². The van der Waals surface area contributed by atoms with Gasteiger partial charge in [-0.05, 0) is 45.9 Å². The van der Waals surface area contributed by atoms with Gasteiger partial charge in [-0.25, -0.2) is 0 Å². The van der Waals surface area contributed by atoms with Crippen molar-refractivity contribution in [1.82, 2.24) is 5.32 Å². The van der Waals surface area contributed by atoms with Crippen molar-refractivity contribution in [1.29, 1.82) is 0 Å². The summed E-state index contributed by atoms with van der Waals surface area (Å²) in [6.07, 6.45) is 0. The summed E-state index contributed by atoms with van der Waals surface area (Å²) < 4.78 is 17.1. The van der Waals surface area contributed by atoms with Crippen molar-refractivity contribution in [2.45, 2.75) is 44.9 Å². The molecule has 5 nitrogen and oxygen atoms in total. The molecule has 0 unspecified atom stereocenters. The van der Waals surface area contributed by atoms with Crippen LogP contribution < -0.4 is 10.8 Å². The van der Waals surface area contributed by atoms with Crippen molar-refractivity contribution in [2.24, 2.45) is 0 Å². The van der Waals surface area contributed by atoms with E-state index in [1.54, 1.807) is 18.2 Å². The number of rotatable bonds is 3. The summed E-state index contributed by atoms with van der Waals surface area (Å²) in [7, 11) is -0.590. The minimum Gasteiger partial charge on any atom is -0.399 e. The summed E-state index contributed by atoms with van der Waals surface area (Å²) in [6, 6.07) is 5.22. The fourth-order valence-corrected chi connectivity index (χ4v) is 2.63. The summed E-state index contributed by atoms with van der Waals surface area (Å²) >= 11 is 6.30. The van der Waals surface area contributed by atoms with Gasteiger partial charge in [0.05, 0.1) is 30.5 Å². The number of benzene rings is 1. The number of carbonyl (C=O) groups is 1. The Morgan fingerprint density at radius 3 is 2.35 bits per heavy atom. The molecule has 0 atom stereocenters. The van der Waals surface area contributed by atoms with Gasteiger partial charge < -0.3 is 19.4 Å². The van der Waals surface area contributed by atoms with Crippen LogP contribution in [0.5, 0.6) is 0 Å². The van der Waals surface area contributed by atoms with E-state index >= 15 is 0 Å². The first kappa shape index (κ1) is 16.8. The van der Waals surface area contributed by atoms with Crippen LogP contribution in [0, 0.1) is 0 Å². The fourth-order valence-electron chi connectivity index (χ4n) is 2.42. The van der Waals surface area contributed by atoms with E-state index in [-0.39, 0.29) is 11.9 Å². The zero-order valence-electron chi connectivity index (χ0n) is 13.8. The molecular formula is C16H21BClNO4. The van der Waals surface area contributed by atoms with Crippen LogP contribution >= 0.6 is 11.6 Å².